The highest BCUT2D eigenvalue weighted by Crippen LogP contribution is 2.38. The number of anilines is 3. The van der Waals surface area contributed by atoms with E-state index in [4.69, 9.17) is 9.47 Å². The molecular weight excluding hydrogens is 546 g/mol. The van der Waals surface area contributed by atoms with Crippen LogP contribution < -0.4 is 15.0 Å². The van der Waals surface area contributed by atoms with E-state index in [-0.39, 0.29) is 5.91 Å². The van der Waals surface area contributed by atoms with Crippen molar-refractivity contribution >= 4 is 29.0 Å². The van der Waals surface area contributed by atoms with Crippen molar-refractivity contribution in [3.63, 3.8) is 0 Å². The van der Waals surface area contributed by atoms with Gasteiger partial charge in [-0.05, 0) is 98.5 Å². The van der Waals surface area contributed by atoms with E-state index in [9.17, 15) is 4.79 Å². The Morgan fingerprint density at radius 2 is 1.70 bits per heavy atom. The van der Waals surface area contributed by atoms with E-state index in [1.807, 2.05) is 43.3 Å². The first-order valence-corrected chi connectivity index (χ1v) is 15.7. The van der Waals surface area contributed by atoms with E-state index in [2.05, 4.69) is 88.9 Å². The molecule has 226 valence electrons. The van der Waals surface area contributed by atoms with Gasteiger partial charge in [0.05, 0.1) is 6.61 Å². The average molecular weight is 588 g/mol. The molecule has 0 atom stereocenters. The minimum Gasteiger partial charge on any atom is -0.493 e. The lowest BCUT2D eigenvalue weighted by molar-refractivity contribution is -0.112. The van der Waals surface area contributed by atoms with Crippen LogP contribution in [0.5, 0.6) is 5.75 Å². The lowest BCUT2D eigenvalue weighted by atomic mass is 9.99. The summed E-state index contributed by atoms with van der Waals surface area (Å²) in [5.74, 6) is 0.783. The summed E-state index contributed by atoms with van der Waals surface area (Å²) in [5, 5.41) is 3.17. The van der Waals surface area contributed by atoms with Crippen LogP contribution >= 0.6 is 0 Å². The van der Waals surface area contributed by atoms with Gasteiger partial charge in [0.1, 0.15) is 5.75 Å². The molecule has 0 spiro atoms. The van der Waals surface area contributed by atoms with E-state index < -0.39 is 0 Å². The summed E-state index contributed by atoms with van der Waals surface area (Å²) >= 11 is 0. The number of hydrogen-bond acceptors (Lipinski definition) is 5. The van der Waals surface area contributed by atoms with Crippen molar-refractivity contribution in [2.45, 2.75) is 38.8 Å². The SMILES string of the molecule is CCOc1ccccc1-c1ccc2c(c1)C=C(C(=O)Nc1ccc(CN(C)C3CCOCC3)cc1)CCN2c1ccccc1. The van der Waals surface area contributed by atoms with E-state index in [0.717, 1.165) is 77.7 Å². The third-order valence-electron chi connectivity index (χ3n) is 8.57. The molecule has 2 heterocycles. The zero-order valence-corrected chi connectivity index (χ0v) is 25.7. The number of benzene rings is 4. The Balaban J connectivity index is 1.24. The van der Waals surface area contributed by atoms with E-state index in [0.29, 0.717) is 25.6 Å². The monoisotopic (exact) mass is 587 g/mol. The molecule has 6 rings (SSSR count). The van der Waals surface area contributed by atoms with Gasteiger partial charge in [-0.3, -0.25) is 9.69 Å². The van der Waals surface area contributed by atoms with Crippen molar-refractivity contribution in [2.75, 3.05) is 43.6 Å². The molecule has 0 aliphatic carbocycles. The van der Waals surface area contributed by atoms with Gasteiger partial charge in [0.25, 0.3) is 5.91 Å². The molecule has 0 radical (unpaired) electrons. The molecule has 0 aromatic heterocycles. The Morgan fingerprint density at radius 3 is 2.48 bits per heavy atom. The maximum absolute atomic E-state index is 13.7. The third kappa shape index (κ3) is 6.88. The molecule has 0 saturated carbocycles. The van der Waals surface area contributed by atoms with Crippen LogP contribution in [0.25, 0.3) is 17.2 Å². The molecule has 4 aromatic carbocycles. The van der Waals surface area contributed by atoms with E-state index in [1.54, 1.807) is 0 Å². The van der Waals surface area contributed by atoms with E-state index >= 15 is 0 Å². The summed E-state index contributed by atoms with van der Waals surface area (Å²) in [4.78, 5) is 18.4. The lowest BCUT2D eigenvalue weighted by Gasteiger charge is -2.31. The summed E-state index contributed by atoms with van der Waals surface area (Å²) in [6.07, 6.45) is 4.82. The van der Waals surface area contributed by atoms with Crippen molar-refractivity contribution in [3.05, 3.63) is 114 Å². The van der Waals surface area contributed by atoms with Gasteiger partial charge in [0.2, 0.25) is 0 Å². The maximum atomic E-state index is 13.7. The summed E-state index contributed by atoms with van der Waals surface area (Å²) in [6.45, 7) is 5.85. The predicted molar refractivity (Wildman–Crippen MR) is 179 cm³/mol. The highest BCUT2D eigenvalue weighted by molar-refractivity contribution is 6.07. The number of rotatable bonds is 9. The Bertz CT molecular complexity index is 1590. The maximum Gasteiger partial charge on any atom is 0.251 e. The molecule has 1 saturated heterocycles. The molecule has 2 aliphatic rings. The van der Waals surface area contributed by atoms with Crippen LogP contribution in [0.15, 0.2) is 103 Å². The first-order chi connectivity index (χ1) is 21.6. The van der Waals surface area contributed by atoms with Crippen molar-refractivity contribution in [2.24, 2.45) is 0 Å². The van der Waals surface area contributed by atoms with Crippen molar-refractivity contribution < 1.29 is 14.3 Å². The number of hydrogen-bond donors (Lipinski definition) is 1. The second-order valence-electron chi connectivity index (χ2n) is 11.5. The molecule has 4 aromatic rings. The molecule has 1 fully saturated rings. The molecule has 1 amide bonds. The molecule has 1 N–H and O–H groups in total. The fraction of sp³-hybridized carbons (Fsp3) is 0.289. The Morgan fingerprint density at radius 1 is 0.955 bits per heavy atom. The third-order valence-corrected chi connectivity index (χ3v) is 8.57. The Hall–Kier alpha value is -4.39. The number of carbonyl (C=O) groups excluding carboxylic acids is 1. The molecule has 0 unspecified atom stereocenters. The van der Waals surface area contributed by atoms with Crippen LogP contribution in [0.4, 0.5) is 17.1 Å². The second kappa shape index (κ2) is 13.9. The molecule has 44 heavy (non-hydrogen) atoms. The highest BCUT2D eigenvalue weighted by atomic mass is 16.5. The normalized spacial score (nSPS) is 15.3. The minimum absolute atomic E-state index is 0.0712. The smallest absolute Gasteiger partial charge is 0.251 e. The highest BCUT2D eigenvalue weighted by Gasteiger charge is 2.22. The van der Waals surface area contributed by atoms with Crippen molar-refractivity contribution in [1.82, 2.24) is 4.90 Å². The number of amides is 1. The average Bonchev–Trinajstić information content (AvgIpc) is 3.26. The van der Waals surface area contributed by atoms with Gasteiger partial charge >= 0.3 is 0 Å². The lowest BCUT2D eigenvalue weighted by Crippen LogP contribution is -2.36. The summed E-state index contributed by atoms with van der Waals surface area (Å²) in [6, 6.07) is 33.8. The van der Waals surface area contributed by atoms with Gasteiger partial charge < -0.3 is 19.7 Å². The van der Waals surface area contributed by atoms with Crippen LogP contribution in [0.3, 0.4) is 0 Å². The molecule has 0 bridgehead atoms. The minimum atomic E-state index is -0.0712. The quantitative estimate of drug-likeness (QED) is 0.216. The van der Waals surface area contributed by atoms with E-state index in [1.165, 1.54) is 5.56 Å². The molecule has 6 heteroatoms. The number of nitrogens with one attached hydrogen (secondary N) is 1. The fourth-order valence-electron chi connectivity index (χ4n) is 6.19. The van der Waals surface area contributed by atoms with Crippen molar-refractivity contribution in [3.8, 4) is 16.9 Å². The summed E-state index contributed by atoms with van der Waals surface area (Å²) in [5.41, 5.74) is 8.07. The van der Waals surface area contributed by atoms with Gasteiger partial charge in [-0.25, -0.2) is 0 Å². The molecule has 2 aliphatic heterocycles. The Labute approximate surface area is 260 Å². The number of carbonyl (C=O) groups is 1. The van der Waals surface area contributed by atoms with Gasteiger partial charge in [-0.2, -0.15) is 0 Å². The predicted octanol–water partition coefficient (Wildman–Crippen LogP) is 7.93. The van der Waals surface area contributed by atoms with Crippen molar-refractivity contribution in [1.29, 1.82) is 0 Å². The van der Waals surface area contributed by atoms with Gasteiger partial charge in [-0.15, -0.1) is 0 Å². The number of fused-ring (bicyclic) bond motifs is 1. The fourth-order valence-corrected chi connectivity index (χ4v) is 6.19. The largest absolute Gasteiger partial charge is 0.493 e. The van der Waals surface area contributed by atoms with Crippen LogP contribution in [-0.4, -0.2) is 50.3 Å². The van der Waals surface area contributed by atoms with Crippen LogP contribution in [-0.2, 0) is 16.1 Å². The van der Waals surface area contributed by atoms with Gasteiger partial charge in [0, 0.05) is 60.5 Å². The van der Waals surface area contributed by atoms with Crippen LogP contribution in [0.1, 0.15) is 37.3 Å². The number of para-hydroxylation sites is 2. The molecular formula is C38H41N3O3. The second-order valence-corrected chi connectivity index (χ2v) is 11.5. The zero-order chi connectivity index (χ0) is 30.3. The topological polar surface area (TPSA) is 54.0 Å². The number of ether oxygens (including phenoxy) is 2. The molecule has 6 nitrogen and oxygen atoms in total. The summed E-state index contributed by atoms with van der Waals surface area (Å²) in [7, 11) is 2.18. The first-order valence-electron chi connectivity index (χ1n) is 15.7. The first kappa shape index (κ1) is 29.7. The van der Waals surface area contributed by atoms with Crippen LogP contribution in [0.2, 0.25) is 0 Å². The summed E-state index contributed by atoms with van der Waals surface area (Å²) < 4.78 is 11.5. The number of nitrogens with zero attached hydrogens (tertiary/aromatic N) is 2. The standard InChI is InChI=1S/C38H41N3O3/c1-3-44-37-12-8-7-11-35(37)29-15-18-36-31(25-29)26-30(19-22-41(36)34-9-5-4-6-10-34)38(42)39-32-16-13-28(14-17-32)27-40(2)33-20-23-43-24-21-33/h4-18,25-26,33H,3,19-24,27H2,1-2H3,(H,39,42). The zero-order valence-electron chi connectivity index (χ0n) is 25.7. The van der Waals surface area contributed by atoms with Gasteiger partial charge in [-0.1, -0.05) is 54.6 Å². The van der Waals surface area contributed by atoms with Crippen LogP contribution in [0, 0.1) is 0 Å². The van der Waals surface area contributed by atoms with Gasteiger partial charge in [0.15, 0.2) is 0 Å². The Kier molecular flexibility index (Phi) is 9.40.